The summed E-state index contributed by atoms with van der Waals surface area (Å²) in [5.74, 6) is 0.381. The number of nitro benzene ring substituents is 1. The molecule has 0 radical (unpaired) electrons. The number of thioether (sulfide) groups is 1. The van der Waals surface area contributed by atoms with Gasteiger partial charge in [0.15, 0.2) is 5.17 Å². The van der Waals surface area contributed by atoms with Gasteiger partial charge in [-0.2, -0.15) is 0 Å². The molecular weight excluding hydrogens is 478 g/mol. The largest absolute Gasteiger partial charge is 0.352 e. The molecule has 0 saturated heterocycles. The SMILES string of the molecule is O=C(C[C@H]1N=C2c3ccccc3N=C(SCc3ccc([N+](=O)[O-])cc3)N2C1=O)NCc1ccccc1. The Balaban J connectivity index is 1.32. The van der Waals surface area contributed by atoms with Gasteiger partial charge in [0.05, 0.1) is 17.0 Å². The van der Waals surface area contributed by atoms with Crippen molar-refractivity contribution in [2.45, 2.75) is 24.8 Å². The Kier molecular flexibility index (Phi) is 6.59. The molecule has 2 heterocycles. The zero-order valence-electron chi connectivity index (χ0n) is 19.0. The average molecular weight is 500 g/mol. The maximum absolute atomic E-state index is 13.4. The van der Waals surface area contributed by atoms with Gasteiger partial charge < -0.3 is 5.32 Å². The summed E-state index contributed by atoms with van der Waals surface area (Å²) in [5.41, 5.74) is 3.27. The molecule has 0 aromatic heterocycles. The first-order chi connectivity index (χ1) is 17.5. The molecule has 180 valence electrons. The highest BCUT2D eigenvalue weighted by molar-refractivity contribution is 8.13. The molecule has 10 heteroatoms. The summed E-state index contributed by atoms with van der Waals surface area (Å²) in [7, 11) is 0. The Labute approximate surface area is 211 Å². The molecule has 5 rings (SSSR count). The van der Waals surface area contributed by atoms with E-state index in [1.165, 1.54) is 28.8 Å². The molecule has 3 aromatic carbocycles. The number of non-ortho nitro benzene ring substituents is 1. The number of benzene rings is 3. The minimum Gasteiger partial charge on any atom is -0.352 e. The normalized spacial score (nSPS) is 16.1. The number of aliphatic imine (C=N–C) groups is 2. The number of para-hydroxylation sites is 1. The monoisotopic (exact) mass is 499 g/mol. The lowest BCUT2D eigenvalue weighted by Crippen LogP contribution is -2.42. The molecule has 9 nitrogen and oxygen atoms in total. The molecule has 0 aliphatic carbocycles. The van der Waals surface area contributed by atoms with Gasteiger partial charge in [-0.15, -0.1) is 0 Å². The summed E-state index contributed by atoms with van der Waals surface area (Å²) in [6.07, 6.45) is -0.0614. The summed E-state index contributed by atoms with van der Waals surface area (Å²) in [4.78, 5) is 47.2. The van der Waals surface area contributed by atoms with E-state index in [2.05, 4.69) is 15.3 Å². The molecule has 1 N–H and O–H groups in total. The molecule has 0 bridgehead atoms. The third-order valence-corrected chi connectivity index (χ3v) is 6.78. The van der Waals surface area contributed by atoms with Gasteiger partial charge in [0.25, 0.3) is 11.6 Å². The predicted molar refractivity (Wildman–Crippen MR) is 138 cm³/mol. The zero-order valence-corrected chi connectivity index (χ0v) is 19.9. The highest BCUT2D eigenvalue weighted by Gasteiger charge is 2.42. The van der Waals surface area contributed by atoms with Gasteiger partial charge in [0.1, 0.15) is 11.9 Å². The highest BCUT2D eigenvalue weighted by atomic mass is 32.2. The Morgan fingerprint density at radius 2 is 1.72 bits per heavy atom. The smallest absolute Gasteiger partial charge is 0.269 e. The number of nitrogens with zero attached hydrogens (tertiary/aromatic N) is 4. The Morgan fingerprint density at radius 1 is 1.00 bits per heavy atom. The van der Waals surface area contributed by atoms with E-state index in [0.717, 1.165) is 16.7 Å². The lowest BCUT2D eigenvalue weighted by molar-refractivity contribution is -0.384. The number of rotatable bonds is 7. The number of amidine groups is 2. The van der Waals surface area contributed by atoms with Crippen molar-refractivity contribution in [3.63, 3.8) is 0 Å². The summed E-state index contributed by atoms with van der Waals surface area (Å²) < 4.78 is 0. The molecule has 0 saturated carbocycles. The van der Waals surface area contributed by atoms with Gasteiger partial charge in [-0.3, -0.25) is 24.7 Å². The summed E-state index contributed by atoms with van der Waals surface area (Å²) in [6.45, 7) is 0.376. The maximum atomic E-state index is 13.4. The quantitative estimate of drug-likeness (QED) is 0.386. The molecule has 36 heavy (non-hydrogen) atoms. The molecule has 2 aliphatic heterocycles. The molecule has 2 aliphatic rings. The van der Waals surface area contributed by atoms with Crippen LogP contribution in [-0.2, 0) is 21.9 Å². The first kappa shape index (κ1) is 23.4. The fraction of sp³-hybridized carbons (Fsp3) is 0.154. The summed E-state index contributed by atoms with van der Waals surface area (Å²) in [6, 6.07) is 22.4. The average Bonchev–Trinajstić information content (AvgIpc) is 3.23. The molecule has 1 atom stereocenters. The number of amides is 2. The Bertz CT molecular complexity index is 1390. The summed E-state index contributed by atoms with van der Waals surface area (Å²) >= 11 is 1.34. The van der Waals surface area contributed by atoms with Gasteiger partial charge in [-0.1, -0.05) is 66.4 Å². The lowest BCUT2D eigenvalue weighted by atomic mass is 10.1. The van der Waals surface area contributed by atoms with Gasteiger partial charge >= 0.3 is 0 Å². The van der Waals surface area contributed by atoms with Crippen LogP contribution in [-0.4, -0.2) is 38.7 Å². The summed E-state index contributed by atoms with van der Waals surface area (Å²) in [5, 5.41) is 14.2. The van der Waals surface area contributed by atoms with Crippen LogP contribution in [0.25, 0.3) is 0 Å². The van der Waals surface area contributed by atoms with Crippen LogP contribution in [0, 0.1) is 10.1 Å². The second-order valence-electron chi connectivity index (χ2n) is 8.23. The standard InChI is InChI=1S/C26H21N5O4S/c32-23(27-15-17-6-2-1-3-7-17)14-22-25(33)30-24(28-22)20-8-4-5-9-21(20)29-26(30)36-16-18-10-12-19(13-11-18)31(34)35/h1-13,22H,14-16H2,(H,27,32)/t22-/m1/s1. The van der Waals surface area contributed by atoms with Crippen LogP contribution in [0.3, 0.4) is 0 Å². The van der Waals surface area contributed by atoms with E-state index in [1.807, 2.05) is 54.6 Å². The topological polar surface area (TPSA) is 117 Å². The van der Waals surface area contributed by atoms with Crippen molar-refractivity contribution in [3.8, 4) is 0 Å². The van der Waals surface area contributed by atoms with E-state index in [-0.39, 0.29) is 23.9 Å². The number of hydrogen-bond donors (Lipinski definition) is 1. The van der Waals surface area contributed by atoms with Crippen molar-refractivity contribution in [3.05, 3.63) is 106 Å². The van der Waals surface area contributed by atoms with Crippen LogP contribution < -0.4 is 5.32 Å². The minimum atomic E-state index is -0.841. The van der Waals surface area contributed by atoms with E-state index in [1.54, 1.807) is 12.1 Å². The van der Waals surface area contributed by atoms with Crippen LogP contribution in [0.4, 0.5) is 11.4 Å². The number of fused-ring (bicyclic) bond motifs is 3. The van der Waals surface area contributed by atoms with Crippen molar-refractivity contribution >= 4 is 46.0 Å². The molecule has 0 fully saturated rings. The molecule has 3 aromatic rings. The fourth-order valence-electron chi connectivity index (χ4n) is 3.94. The highest BCUT2D eigenvalue weighted by Crippen LogP contribution is 2.35. The Morgan fingerprint density at radius 3 is 2.47 bits per heavy atom. The Hall–Kier alpha value is -4.31. The maximum Gasteiger partial charge on any atom is 0.269 e. The number of carbonyl (C=O) groups excluding carboxylic acids is 2. The molecular formula is C26H21N5O4S. The third kappa shape index (κ3) is 4.89. The number of hydrogen-bond acceptors (Lipinski definition) is 7. The van der Waals surface area contributed by atoms with E-state index in [4.69, 9.17) is 0 Å². The van der Waals surface area contributed by atoms with Crippen LogP contribution in [0.2, 0.25) is 0 Å². The predicted octanol–water partition coefficient (Wildman–Crippen LogP) is 4.19. The lowest BCUT2D eigenvalue weighted by Gasteiger charge is -2.25. The van der Waals surface area contributed by atoms with Gasteiger partial charge in [0.2, 0.25) is 5.91 Å². The van der Waals surface area contributed by atoms with Gasteiger partial charge in [-0.25, -0.2) is 9.89 Å². The number of carbonyl (C=O) groups is 2. The van der Waals surface area contributed by atoms with E-state index in [0.29, 0.717) is 29.0 Å². The van der Waals surface area contributed by atoms with Crippen LogP contribution in [0.1, 0.15) is 23.1 Å². The molecule has 2 amide bonds. The van der Waals surface area contributed by atoms with Crippen molar-refractivity contribution in [2.24, 2.45) is 9.98 Å². The van der Waals surface area contributed by atoms with Crippen molar-refractivity contribution < 1.29 is 14.5 Å². The third-order valence-electron chi connectivity index (χ3n) is 5.77. The van der Waals surface area contributed by atoms with E-state index >= 15 is 0 Å². The van der Waals surface area contributed by atoms with Gasteiger partial charge in [0, 0.05) is 30.0 Å². The van der Waals surface area contributed by atoms with Crippen LogP contribution in [0.15, 0.2) is 88.8 Å². The van der Waals surface area contributed by atoms with E-state index in [9.17, 15) is 19.7 Å². The van der Waals surface area contributed by atoms with Crippen molar-refractivity contribution in [2.75, 3.05) is 0 Å². The van der Waals surface area contributed by atoms with Crippen molar-refractivity contribution in [1.29, 1.82) is 0 Å². The molecule has 0 spiro atoms. The molecule has 0 unspecified atom stereocenters. The first-order valence-corrected chi connectivity index (χ1v) is 12.2. The number of nitrogens with one attached hydrogen (secondary N) is 1. The second kappa shape index (κ2) is 10.1. The van der Waals surface area contributed by atoms with Crippen LogP contribution >= 0.6 is 11.8 Å². The van der Waals surface area contributed by atoms with Crippen molar-refractivity contribution in [1.82, 2.24) is 10.2 Å². The van der Waals surface area contributed by atoms with Gasteiger partial charge in [-0.05, 0) is 23.3 Å². The van der Waals surface area contributed by atoms with E-state index < -0.39 is 11.0 Å². The first-order valence-electron chi connectivity index (χ1n) is 11.3. The zero-order chi connectivity index (χ0) is 25.1. The number of nitro groups is 1. The van der Waals surface area contributed by atoms with Crippen LogP contribution in [0.5, 0.6) is 0 Å². The fourth-order valence-corrected chi connectivity index (χ4v) is 4.89. The second-order valence-corrected chi connectivity index (χ2v) is 9.17. The minimum absolute atomic E-state index is 0.0187.